The molecule has 1 N–H and O–H groups in total. The summed E-state index contributed by atoms with van der Waals surface area (Å²) in [7, 11) is 0. The van der Waals surface area contributed by atoms with Gasteiger partial charge in [-0.1, -0.05) is 12.1 Å². The van der Waals surface area contributed by atoms with Gasteiger partial charge < -0.3 is 9.84 Å². The molecule has 1 aromatic heterocycles. The smallest absolute Gasteiger partial charge is 0.233 e. The molecule has 1 atom stereocenters. The highest BCUT2D eigenvalue weighted by atomic mass is 16.5. The number of rotatable bonds is 2. The number of nitrogens with one attached hydrogen (secondary N) is 1. The fourth-order valence-electron chi connectivity index (χ4n) is 1.20. The van der Waals surface area contributed by atoms with Crippen molar-refractivity contribution < 1.29 is 5.89 Å². The Morgan fingerprint density at radius 2 is 2.85 bits per heavy atom. The van der Waals surface area contributed by atoms with E-state index in [1.54, 1.807) is 6.34 Å². The molecule has 1 aliphatic heterocycles. The summed E-state index contributed by atoms with van der Waals surface area (Å²) in [6.45, 7) is 1.77. The highest BCUT2D eigenvalue weighted by Crippen LogP contribution is 2.14. The minimum Gasteiger partial charge on any atom is -0.376 e. The molecule has 70 valence electrons. The van der Waals surface area contributed by atoms with E-state index in [2.05, 4.69) is 20.4 Å². The standard InChI is InChI=1S/C8H12N4O/c1-2-7-11-8(13-12-7)6-3-9-5-10-4-6/h5-6H,2-4H2,1H3,(H,9,10)/i1D. The van der Waals surface area contributed by atoms with Crippen LogP contribution in [0.4, 0.5) is 0 Å². The first-order valence-corrected chi connectivity index (χ1v) is 4.23. The monoisotopic (exact) mass is 181 g/mol. The van der Waals surface area contributed by atoms with Crippen LogP contribution in [0.1, 0.15) is 25.9 Å². The second-order valence-corrected chi connectivity index (χ2v) is 2.90. The van der Waals surface area contributed by atoms with Gasteiger partial charge in [-0.3, -0.25) is 4.99 Å². The van der Waals surface area contributed by atoms with E-state index in [0.717, 1.165) is 6.54 Å². The molecule has 0 saturated heterocycles. The Morgan fingerprint density at radius 1 is 1.85 bits per heavy atom. The Kier molecular flexibility index (Phi) is 1.93. The van der Waals surface area contributed by atoms with Gasteiger partial charge in [0.1, 0.15) is 0 Å². The van der Waals surface area contributed by atoms with Gasteiger partial charge in [-0.2, -0.15) is 4.98 Å². The molecule has 1 unspecified atom stereocenters. The molecule has 0 aromatic carbocycles. The van der Waals surface area contributed by atoms with Crippen LogP contribution >= 0.6 is 0 Å². The Hall–Kier alpha value is -1.39. The third kappa shape index (κ3) is 1.68. The van der Waals surface area contributed by atoms with Gasteiger partial charge in [0.15, 0.2) is 5.82 Å². The predicted octanol–water partition coefficient (Wildman–Crippen LogP) is 0.347. The van der Waals surface area contributed by atoms with Crippen LogP contribution in [0.5, 0.6) is 0 Å². The molecule has 5 nitrogen and oxygen atoms in total. The van der Waals surface area contributed by atoms with Gasteiger partial charge in [0, 0.05) is 14.3 Å². The topological polar surface area (TPSA) is 63.3 Å². The van der Waals surface area contributed by atoms with Crippen LogP contribution in [0.15, 0.2) is 9.52 Å². The number of aromatic nitrogens is 2. The zero-order valence-electron chi connectivity index (χ0n) is 8.23. The van der Waals surface area contributed by atoms with Crippen LogP contribution in [0.3, 0.4) is 0 Å². The first-order valence-electron chi connectivity index (χ1n) is 4.94. The normalized spacial score (nSPS) is 22.5. The fraction of sp³-hybridized carbons (Fsp3) is 0.625. The molecular weight excluding hydrogens is 168 g/mol. The zero-order valence-corrected chi connectivity index (χ0v) is 7.23. The van der Waals surface area contributed by atoms with Gasteiger partial charge in [0.2, 0.25) is 5.89 Å². The summed E-state index contributed by atoms with van der Waals surface area (Å²) in [6, 6.07) is 0. The van der Waals surface area contributed by atoms with Gasteiger partial charge in [0.05, 0.1) is 18.8 Å². The van der Waals surface area contributed by atoms with Crippen molar-refractivity contribution >= 4 is 6.34 Å². The molecule has 5 heteroatoms. The lowest BCUT2D eigenvalue weighted by molar-refractivity contribution is 0.348. The lowest BCUT2D eigenvalue weighted by Gasteiger charge is -2.13. The van der Waals surface area contributed by atoms with Crippen molar-refractivity contribution in [2.24, 2.45) is 4.99 Å². The molecule has 0 fully saturated rings. The zero-order chi connectivity index (χ0) is 9.80. The summed E-state index contributed by atoms with van der Waals surface area (Å²) < 4.78 is 12.1. The van der Waals surface area contributed by atoms with E-state index in [-0.39, 0.29) is 5.92 Å². The second-order valence-electron chi connectivity index (χ2n) is 2.90. The first kappa shape index (κ1) is 7.06. The van der Waals surface area contributed by atoms with Crippen LogP contribution in [0, 0.1) is 0 Å². The van der Waals surface area contributed by atoms with Crippen molar-refractivity contribution in [3.8, 4) is 0 Å². The van der Waals surface area contributed by atoms with E-state index in [4.69, 9.17) is 5.89 Å². The van der Waals surface area contributed by atoms with Crippen molar-refractivity contribution in [1.29, 1.82) is 0 Å². The van der Waals surface area contributed by atoms with Crippen LogP contribution in [-0.2, 0) is 6.42 Å². The highest BCUT2D eigenvalue weighted by Gasteiger charge is 2.19. The van der Waals surface area contributed by atoms with E-state index in [1.165, 1.54) is 0 Å². The van der Waals surface area contributed by atoms with E-state index in [0.29, 0.717) is 31.6 Å². The first-order chi connectivity index (χ1) is 6.90. The van der Waals surface area contributed by atoms with Crippen LogP contribution in [-0.4, -0.2) is 29.6 Å². The molecule has 0 spiro atoms. The average Bonchev–Trinajstić information content (AvgIpc) is 2.68. The number of nitrogens with zero attached hydrogens (tertiary/aromatic N) is 3. The molecule has 2 heterocycles. The molecule has 1 aromatic rings. The lowest BCUT2D eigenvalue weighted by Crippen LogP contribution is -2.27. The summed E-state index contributed by atoms with van der Waals surface area (Å²) in [5.74, 6) is 1.41. The van der Waals surface area contributed by atoms with Crippen molar-refractivity contribution in [3.63, 3.8) is 0 Å². The SMILES string of the molecule is [2H]CCc1noc(C2CN=CNC2)n1. The summed E-state index contributed by atoms with van der Waals surface area (Å²) in [5.41, 5.74) is 0. The van der Waals surface area contributed by atoms with E-state index in [9.17, 15) is 0 Å². The quantitative estimate of drug-likeness (QED) is 0.715. The van der Waals surface area contributed by atoms with Crippen LogP contribution < -0.4 is 5.32 Å². The Balaban J connectivity index is 2.04. The maximum absolute atomic E-state index is 7.04. The van der Waals surface area contributed by atoms with Crippen molar-refractivity contribution in [2.75, 3.05) is 13.1 Å². The van der Waals surface area contributed by atoms with Crippen LogP contribution in [0.25, 0.3) is 0 Å². The van der Waals surface area contributed by atoms with Gasteiger partial charge >= 0.3 is 0 Å². The van der Waals surface area contributed by atoms with Crippen molar-refractivity contribution in [3.05, 3.63) is 11.7 Å². The Bertz CT molecular complexity index is 325. The van der Waals surface area contributed by atoms with Gasteiger partial charge in [-0.15, -0.1) is 0 Å². The molecule has 2 rings (SSSR count). The predicted molar refractivity (Wildman–Crippen MR) is 47.8 cm³/mol. The summed E-state index contributed by atoms with van der Waals surface area (Å²) in [4.78, 5) is 8.30. The van der Waals surface area contributed by atoms with Crippen molar-refractivity contribution in [1.82, 2.24) is 15.5 Å². The minimum atomic E-state index is 0.173. The van der Waals surface area contributed by atoms with Gasteiger partial charge in [-0.05, 0) is 0 Å². The lowest BCUT2D eigenvalue weighted by atomic mass is 10.1. The summed E-state index contributed by atoms with van der Waals surface area (Å²) in [5, 5.41) is 6.81. The maximum Gasteiger partial charge on any atom is 0.233 e. The number of aryl methyl sites for hydroxylation is 1. The summed E-state index contributed by atoms with van der Waals surface area (Å²) in [6.07, 6.45) is 2.24. The maximum atomic E-state index is 7.04. The highest BCUT2D eigenvalue weighted by molar-refractivity contribution is 5.55. The second kappa shape index (κ2) is 3.55. The van der Waals surface area contributed by atoms with Gasteiger partial charge in [-0.25, -0.2) is 0 Å². The molecular formula is C8H12N4O. The van der Waals surface area contributed by atoms with Crippen molar-refractivity contribution in [2.45, 2.75) is 19.2 Å². The van der Waals surface area contributed by atoms with Crippen LogP contribution in [0.2, 0.25) is 0 Å². The van der Waals surface area contributed by atoms with Gasteiger partial charge in [0.25, 0.3) is 0 Å². The minimum absolute atomic E-state index is 0.173. The third-order valence-electron chi connectivity index (χ3n) is 1.93. The number of aliphatic imine (C=N–C) groups is 1. The molecule has 0 amide bonds. The largest absolute Gasteiger partial charge is 0.376 e. The average molecular weight is 181 g/mol. The Morgan fingerprint density at radius 3 is 3.62 bits per heavy atom. The van der Waals surface area contributed by atoms with E-state index < -0.39 is 0 Å². The third-order valence-corrected chi connectivity index (χ3v) is 1.93. The molecule has 0 radical (unpaired) electrons. The number of hydrogen-bond acceptors (Lipinski definition) is 5. The Labute approximate surface area is 77.7 Å². The number of hydrogen-bond donors (Lipinski definition) is 1. The molecule has 0 saturated carbocycles. The summed E-state index contributed by atoms with van der Waals surface area (Å²) >= 11 is 0. The molecule has 1 aliphatic rings. The fourth-order valence-corrected chi connectivity index (χ4v) is 1.20. The van der Waals surface area contributed by atoms with E-state index in [1.807, 2.05) is 0 Å². The molecule has 0 bridgehead atoms. The molecule has 13 heavy (non-hydrogen) atoms. The molecule has 0 aliphatic carbocycles. The van der Waals surface area contributed by atoms with E-state index >= 15 is 0 Å².